The van der Waals surface area contributed by atoms with Crippen LogP contribution in [0.4, 0.5) is 0 Å². The molecule has 0 bridgehead atoms. The van der Waals surface area contributed by atoms with Crippen molar-refractivity contribution in [1.82, 2.24) is 10.2 Å². The molecule has 2 amide bonds. The summed E-state index contributed by atoms with van der Waals surface area (Å²) in [6.45, 7) is 8.78. The van der Waals surface area contributed by atoms with Crippen LogP contribution in [0, 0.1) is 20.8 Å². The predicted molar refractivity (Wildman–Crippen MR) is 140 cm³/mol. The van der Waals surface area contributed by atoms with E-state index in [9.17, 15) is 9.59 Å². The molecule has 5 heteroatoms. The molecule has 35 heavy (non-hydrogen) atoms. The summed E-state index contributed by atoms with van der Waals surface area (Å²) >= 11 is 0. The van der Waals surface area contributed by atoms with Gasteiger partial charge >= 0.3 is 0 Å². The van der Waals surface area contributed by atoms with Crippen molar-refractivity contribution in [3.05, 3.63) is 101 Å². The number of hydrogen-bond donors (Lipinski definition) is 1. The maximum absolute atomic E-state index is 13.6. The molecule has 0 aromatic heterocycles. The number of nitrogens with zero attached hydrogens (tertiary/aromatic N) is 1. The Bertz CT molecular complexity index is 1130. The van der Waals surface area contributed by atoms with E-state index in [2.05, 4.69) is 11.4 Å². The highest BCUT2D eigenvalue weighted by Crippen LogP contribution is 2.20. The Morgan fingerprint density at radius 1 is 0.886 bits per heavy atom. The zero-order valence-electron chi connectivity index (χ0n) is 21.2. The Labute approximate surface area is 209 Å². The second-order valence-electron chi connectivity index (χ2n) is 9.06. The van der Waals surface area contributed by atoms with Crippen molar-refractivity contribution in [3.8, 4) is 5.75 Å². The van der Waals surface area contributed by atoms with Gasteiger partial charge in [-0.1, -0.05) is 84.8 Å². The first kappa shape index (κ1) is 26.0. The highest BCUT2D eigenvalue weighted by Gasteiger charge is 2.30. The number of amides is 2. The van der Waals surface area contributed by atoms with Gasteiger partial charge in [0.15, 0.2) is 6.61 Å². The smallest absolute Gasteiger partial charge is 0.261 e. The van der Waals surface area contributed by atoms with E-state index in [1.807, 2.05) is 94.4 Å². The molecule has 0 fully saturated rings. The maximum atomic E-state index is 13.6. The zero-order chi connectivity index (χ0) is 25.2. The molecule has 0 saturated heterocycles. The summed E-state index contributed by atoms with van der Waals surface area (Å²) in [5, 5.41) is 3.00. The van der Waals surface area contributed by atoms with E-state index in [1.165, 1.54) is 0 Å². The predicted octanol–water partition coefficient (Wildman–Crippen LogP) is 5.16. The number of aryl methyl sites for hydroxylation is 3. The van der Waals surface area contributed by atoms with Crippen LogP contribution in [0.2, 0.25) is 0 Å². The van der Waals surface area contributed by atoms with E-state index < -0.39 is 6.04 Å². The monoisotopic (exact) mass is 472 g/mol. The lowest BCUT2D eigenvalue weighted by atomic mass is 10.0. The standard InChI is InChI=1S/C30H36N2O3/c1-5-16-31-30(34)27(19-25-11-7-6-8-12-25)32(20-26-13-9-10-22(2)18-26)29(33)21-35-28-15-14-23(3)17-24(28)4/h6-15,17-18,27H,5,16,19-21H2,1-4H3,(H,31,34). The van der Waals surface area contributed by atoms with Crippen LogP contribution >= 0.6 is 0 Å². The fourth-order valence-electron chi connectivity index (χ4n) is 4.11. The normalized spacial score (nSPS) is 11.5. The largest absolute Gasteiger partial charge is 0.483 e. The van der Waals surface area contributed by atoms with Gasteiger partial charge in [-0.2, -0.15) is 0 Å². The van der Waals surface area contributed by atoms with Gasteiger partial charge in [-0.3, -0.25) is 9.59 Å². The second-order valence-corrected chi connectivity index (χ2v) is 9.06. The molecule has 0 saturated carbocycles. The molecule has 0 spiro atoms. The van der Waals surface area contributed by atoms with Crippen molar-refractivity contribution in [1.29, 1.82) is 0 Å². The summed E-state index contributed by atoms with van der Waals surface area (Å²) in [5.74, 6) is 0.303. The summed E-state index contributed by atoms with van der Waals surface area (Å²) in [4.78, 5) is 28.6. The highest BCUT2D eigenvalue weighted by atomic mass is 16.5. The number of rotatable bonds is 11. The molecule has 184 valence electrons. The van der Waals surface area contributed by atoms with E-state index in [1.54, 1.807) is 4.90 Å². The average molecular weight is 473 g/mol. The summed E-state index contributed by atoms with van der Waals surface area (Å²) < 4.78 is 5.93. The lowest BCUT2D eigenvalue weighted by Gasteiger charge is -2.31. The molecule has 5 nitrogen and oxygen atoms in total. The Hall–Kier alpha value is -3.60. The lowest BCUT2D eigenvalue weighted by Crippen LogP contribution is -2.51. The van der Waals surface area contributed by atoms with Crippen LogP contribution in [-0.2, 0) is 22.6 Å². The third kappa shape index (κ3) is 7.71. The SMILES string of the molecule is CCCNC(=O)C(Cc1ccccc1)N(Cc1cccc(C)c1)C(=O)COc1ccc(C)cc1C. The van der Waals surface area contributed by atoms with Crippen molar-refractivity contribution >= 4 is 11.8 Å². The van der Waals surface area contributed by atoms with Gasteiger partial charge in [-0.25, -0.2) is 0 Å². The van der Waals surface area contributed by atoms with E-state index in [0.29, 0.717) is 25.3 Å². The summed E-state index contributed by atoms with van der Waals surface area (Å²) in [5.41, 5.74) is 5.20. The Kier molecular flexibility index (Phi) is 9.47. The van der Waals surface area contributed by atoms with Crippen LogP contribution in [-0.4, -0.2) is 35.9 Å². The molecule has 0 heterocycles. The van der Waals surface area contributed by atoms with Crippen molar-refractivity contribution in [2.24, 2.45) is 0 Å². The van der Waals surface area contributed by atoms with Crippen LogP contribution in [0.25, 0.3) is 0 Å². The van der Waals surface area contributed by atoms with E-state index >= 15 is 0 Å². The van der Waals surface area contributed by atoms with Crippen LogP contribution in [0.3, 0.4) is 0 Å². The second kappa shape index (κ2) is 12.7. The van der Waals surface area contributed by atoms with Crippen LogP contribution in [0.1, 0.15) is 41.2 Å². The molecule has 1 atom stereocenters. The van der Waals surface area contributed by atoms with Gasteiger partial charge < -0.3 is 15.0 Å². The van der Waals surface area contributed by atoms with Gasteiger partial charge in [-0.05, 0) is 49.9 Å². The third-order valence-corrected chi connectivity index (χ3v) is 5.94. The van der Waals surface area contributed by atoms with Crippen molar-refractivity contribution in [2.45, 2.75) is 53.1 Å². The van der Waals surface area contributed by atoms with E-state index in [4.69, 9.17) is 4.74 Å². The highest BCUT2D eigenvalue weighted by molar-refractivity contribution is 5.88. The molecule has 3 rings (SSSR count). The minimum absolute atomic E-state index is 0.137. The van der Waals surface area contributed by atoms with Crippen LogP contribution < -0.4 is 10.1 Å². The van der Waals surface area contributed by atoms with Gasteiger partial charge in [0.25, 0.3) is 5.91 Å². The topological polar surface area (TPSA) is 58.6 Å². The molecule has 1 unspecified atom stereocenters. The number of ether oxygens (including phenoxy) is 1. The quantitative estimate of drug-likeness (QED) is 0.420. The van der Waals surface area contributed by atoms with Gasteiger partial charge in [0.05, 0.1) is 0 Å². The first-order valence-corrected chi connectivity index (χ1v) is 12.2. The molecule has 0 radical (unpaired) electrons. The molecular weight excluding hydrogens is 436 g/mol. The number of benzene rings is 3. The van der Waals surface area contributed by atoms with Gasteiger partial charge in [0.1, 0.15) is 11.8 Å². The van der Waals surface area contributed by atoms with Gasteiger partial charge in [0, 0.05) is 19.5 Å². The molecule has 0 aliphatic rings. The molecule has 0 aliphatic heterocycles. The van der Waals surface area contributed by atoms with E-state index in [0.717, 1.165) is 34.2 Å². The first-order valence-electron chi connectivity index (χ1n) is 12.2. The number of nitrogens with one attached hydrogen (secondary N) is 1. The fraction of sp³-hybridized carbons (Fsp3) is 0.333. The molecule has 3 aromatic carbocycles. The van der Waals surface area contributed by atoms with E-state index in [-0.39, 0.29) is 18.4 Å². The molecule has 1 N–H and O–H groups in total. The van der Waals surface area contributed by atoms with Gasteiger partial charge in [-0.15, -0.1) is 0 Å². The summed E-state index contributed by atoms with van der Waals surface area (Å²) in [7, 11) is 0. The molecular formula is C30H36N2O3. The number of carbonyl (C=O) groups excluding carboxylic acids is 2. The van der Waals surface area contributed by atoms with Crippen molar-refractivity contribution < 1.29 is 14.3 Å². The zero-order valence-corrected chi connectivity index (χ0v) is 21.2. The summed E-state index contributed by atoms with van der Waals surface area (Å²) in [6.07, 6.45) is 1.25. The lowest BCUT2D eigenvalue weighted by molar-refractivity contribution is -0.142. The number of carbonyl (C=O) groups is 2. The third-order valence-electron chi connectivity index (χ3n) is 5.94. The fourth-order valence-corrected chi connectivity index (χ4v) is 4.11. The Morgan fingerprint density at radius 2 is 1.60 bits per heavy atom. The average Bonchev–Trinajstić information content (AvgIpc) is 2.84. The van der Waals surface area contributed by atoms with Crippen LogP contribution in [0.5, 0.6) is 5.75 Å². The molecule has 0 aliphatic carbocycles. The first-order chi connectivity index (χ1) is 16.9. The minimum atomic E-state index is -0.653. The van der Waals surface area contributed by atoms with Gasteiger partial charge in [0.2, 0.25) is 5.91 Å². The van der Waals surface area contributed by atoms with Crippen LogP contribution in [0.15, 0.2) is 72.8 Å². The Morgan fingerprint density at radius 3 is 2.29 bits per heavy atom. The molecule has 3 aromatic rings. The summed E-state index contributed by atoms with van der Waals surface area (Å²) in [6, 6.07) is 23.1. The van der Waals surface area contributed by atoms with Crippen molar-refractivity contribution in [2.75, 3.05) is 13.2 Å². The maximum Gasteiger partial charge on any atom is 0.261 e. The van der Waals surface area contributed by atoms with Crippen molar-refractivity contribution in [3.63, 3.8) is 0 Å². The minimum Gasteiger partial charge on any atom is -0.483 e. The Balaban J connectivity index is 1.90. The number of hydrogen-bond acceptors (Lipinski definition) is 3.